The third-order valence-electron chi connectivity index (χ3n) is 8.80. The summed E-state index contributed by atoms with van der Waals surface area (Å²) in [6, 6.07) is 25.1. The molecule has 0 unspecified atom stereocenters. The second-order valence-corrected chi connectivity index (χ2v) is 13.7. The first-order chi connectivity index (χ1) is 22.3. The Morgan fingerprint density at radius 3 is 2.28 bits per heavy atom. The first kappa shape index (κ1) is 33.2. The van der Waals surface area contributed by atoms with E-state index in [1.54, 1.807) is 23.1 Å². The van der Waals surface area contributed by atoms with Gasteiger partial charge in [-0.25, -0.2) is 13.2 Å². The average molecular weight is 647 g/mol. The molecule has 1 atom stereocenters. The number of rotatable bonds is 12. The molecule has 3 aromatic carbocycles. The van der Waals surface area contributed by atoms with E-state index in [-0.39, 0.29) is 49.2 Å². The van der Waals surface area contributed by atoms with Crippen LogP contribution in [-0.4, -0.2) is 73.3 Å². The summed E-state index contributed by atoms with van der Waals surface area (Å²) in [5.74, 6) is -0.364. The number of sulfonamides is 1. The number of carbonyl (C=O) groups excluding carboxylic acids is 3. The number of nitrogens with zero attached hydrogens (tertiary/aromatic N) is 2. The Morgan fingerprint density at radius 1 is 0.935 bits per heavy atom. The summed E-state index contributed by atoms with van der Waals surface area (Å²) in [4.78, 5) is 41.4. The fraction of sp³-hybridized carbons (Fsp3) is 0.400. The van der Waals surface area contributed by atoms with Crippen LogP contribution in [0.25, 0.3) is 11.1 Å². The van der Waals surface area contributed by atoms with E-state index in [2.05, 4.69) is 10.6 Å². The van der Waals surface area contributed by atoms with E-state index < -0.39 is 27.7 Å². The van der Waals surface area contributed by atoms with Crippen molar-refractivity contribution in [3.8, 4) is 11.1 Å². The third kappa shape index (κ3) is 7.26. The molecule has 11 heteroatoms. The minimum atomic E-state index is -3.85. The predicted molar refractivity (Wildman–Crippen MR) is 175 cm³/mol. The summed E-state index contributed by atoms with van der Waals surface area (Å²) in [5.41, 5.74) is 1.26. The van der Waals surface area contributed by atoms with Crippen molar-refractivity contribution in [2.75, 3.05) is 26.2 Å². The fourth-order valence-corrected chi connectivity index (χ4v) is 7.99. The lowest BCUT2D eigenvalue weighted by Gasteiger charge is -2.51. The van der Waals surface area contributed by atoms with Gasteiger partial charge in [0.2, 0.25) is 21.8 Å². The number of hydrogen-bond acceptors (Lipinski definition) is 6. The van der Waals surface area contributed by atoms with Gasteiger partial charge in [0.1, 0.15) is 18.2 Å². The van der Waals surface area contributed by atoms with Crippen LogP contribution in [0.5, 0.6) is 0 Å². The number of amides is 3. The van der Waals surface area contributed by atoms with E-state index in [1.807, 2.05) is 73.7 Å². The Labute approximate surface area is 271 Å². The van der Waals surface area contributed by atoms with Crippen molar-refractivity contribution in [1.82, 2.24) is 19.8 Å². The molecule has 5 rings (SSSR count). The monoisotopic (exact) mass is 646 g/mol. The largest absolute Gasteiger partial charge is 0.445 e. The van der Waals surface area contributed by atoms with E-state index in [4.69, 9.17) is 4.74 Å². The Morgan fingerprint density at radius 2 is 1.59 bits per heavy atom. The normalized spacial score (nSPS) is 18.3. The topological polar surface area (TPSA) is 125 Å². The van der Waals surface area contributed by atoms with Gasteiger partial charge in [0.25, 0.3) is 0 Å². The Hall–Kier alpha value is -4.22. The molecule has 1 spiro atoms. The van der Waals surface area contributed by atoms with Crippen LogP contribution in [0.2, 0.25) is 0 Å². The van der Waals surface area contributed by atoms with Gasteiger partial charge in [-0.2, -0.15) is 4.31 Å². The van der Waals surface area contributed by atoms with Crippen LogP contribution in [-0.2, 0) is 31.0 Å². The minimum Gasteiger partial charge on any atom is -0.445 e. The molecule has 2 heterocycles. The van der Waals surface area contributed by atoms with Crippen molar-refractivity contribution < 1.29 is 27.5 Å². The highest BCUT2D eigenvalue weighted by atomic mass is 32.2. The summed E-state index contributed by atoms with van der Waals surface area (Å²) in [5, 5.41) is 5.69. The van der Waals surface area contributed by atoms with E-state index in [0.717, 1.165) is 11.1 Å². The maximum Gasteiger partial charge on any atom is 0.407 e. The number of piperazine rings is 1. The van der Waals surface area contributed by atoms with Gasteiger partial charge in [-0.05, 0) is 55.7 Å². The fourth-order valence-electron chi connectivity index (χ4n) is 6.34. The van der Waals surface area contributed by atoms with Crippen molar-refractivity contribution in [2.24, 2.45) is 0 Å². The second kappa shape index (κ2) is 14.9. The molecular formula is C35H42N4O6S. The van der Waals surface area contributed by atoms with Crippen LogP contribution in [0, 0.1) is 0 Å². The smallest absolute Gasteiger partial charge is 0.407 e. The number of benzene rings is 3. The molecule has 244 valence electrons. The first-order valence-corrected chi connectivity index (χ1v) is 17.4. The molecule has 3 aromatic rings. The van der Waals surface area contributed by atoms with Gasteiger partial charge in [-0.15, -0.1) is 0 Å². The van der Waals surface area contributed by atoms with Crippen molar-refractivity contribution in [3.63, 3.8) is 0 Å². The number of unbranched alkanes of at least 4 members (excludes halogenated alkanes) is 1. The summed E-state index contributed by atoms with van der Waals surface area (Å²) >= 11 is 0. The number of alkyl carbamates (subject to hydrolysis) is 1. The number of ether oxygens (including phenoxy) is 1. The van der Waals surface area contributed by atoms with Crippen LogP contribution in [0.3, 0.4) is 0 Å². The third-order valence-corrected chi connectivity index (χ3v) is 10.8. The lowest BCUT2D eigenvalue weighted by Crippen LogP contribution is -2.73. The molecule has 10 nitrogen and oxygen atoms in total. The summed E-state index contributed by atoms with van der Waals surface area (Å²) in [7, 11) is -3.85. The molecule has 0 saturated carbocycles. The molecule has 0 aliphatic carbocycles. The zero-order chi connectivity index (χ0) is 32.6. The average Bonchev–Trinajstić information content (AvgIpc) is 3.09. The Balaban J connectivity index is 1.16. The highest BCUT2D eigenvalue weighted by molar-refractivity contribution is 7.89. The van der Waals surface area contributed by atoms with Crippen molar-refractivity contribution >= 4 is 27.9 Å². The first-order valence-electron chi connectivity index (χ1n) is 16.0. The number of piperidine rings is 1. The zero-order valence-electron chi connectivity index (χ0n) is 26.2. The number of carbonyl (C=O) groups is 3. The van der Waals surface area contributed by atoms with Gasteiger partial charge in [-0.3, -0.25) is 9.59 Å². The van der Waals surface area contributed by atoms with Gasteiger partial charge >= 0.3 is 6.09 Å². The highest BCUT2D eigenvalue weighted by Gasteiger charge is 2.54. The van der Waals surface area contributed by atoms with Gasteiger partial charge < -0.3 is 20.3 Å². The van der Waals surface area contributed by atoms with Gasteiger partial charge in [-0.1, -0.05) is 85.8 Å². The molecule has 0 radical (unpaired) electrons. The molecule has 2 aliphatic heterocycles. The van der Waals surface area contributed by atoms with Crippen LogP contribution in [0.15, 0.2) is 89.8 Å². The Bertz CT molecular complexity index is 1610. The number of hydrogen-bond donors (Lipinski definition) is 2. The standard InChI is InChI=1S/C35H42N4O6S/c1-2-23-39-32(40)30(18-11-12-22-36-34(42)45-26-27-13-5-3-6-14-27)37-33(41)35(39)20-24-38(25-21-35)46(43,44)31-19-10-9-17-29(31)28-15-7-4-8-16-28/h3-10,13-17,19,30H,2,11-12,18,20-26H2,1H3,(H,36,42)(H,37,41)/t30-/m0/s1. The SMILES string of the molecule is CCCN1C(=O)[C@H](CCCCNC(=O)OCc2ccccc2)NC(=O)C12CCN(S(=O)(=O)c1ccccc1-c1ccccc1)CC2. The van der Waals surface area contributed by atoms with Crippen LogP contribution in [0.4, 0.5) is 4.79 Å². The van der Waals surface area contributed by atoms with Crippen molar-refractivity contribution in [3.05, 3.63) is 90.5 Å². The number of nitrogens with one attached hydrogen (secondary N) is 2. The van der Waals surface area contributed by atoms with Gasteiger partial charge in [0.05, 0.1) is 4.90 Å². The summed E-state index contributed by atoms with van der Waals surface area (Å²) in [6.07, 6.45) is 2.30. The van der Waals surface area contributed by atoms with Crippen LogP contribution < -0.4 is 10.6 Å². The molecule has 46 heavy (non-hydrogen) atoms. The molecular weight excluding hydrogens is 604 g/mol. The minimum absolute atomic E-state index is 0.128. The second-order valence-electron chi connectivity index (χ2n) is 11.8. The lowest BCUT2D eigenvalue weighted by atomic mass is 9.81. The molecule has 0 aromatic heterocycles. The van der Waals surface area contributed by atoms with E-state index in [0.29, 0.717) is 44.3 Å². The van der Waals surface area contributed by atoms with Crippen molar-refractivity contribution in [1.29, 1.82) is 0 Å². The summed E-state index contributed by atoms with van der Waals surface area (Å²) in [6.45, 7) is 3.22. The van der Waals surface area contributed by atoms with Crippen LogP contribution >= 0.6 is 0 Å². The molecule has 2 aliphatic rings. The quantitative estimate of drug-likeness (QED) is 0.275. The molecule has 0 bridgehead atoms. The molecule has 2 N–H and O–H groups in total. The van der Waals surface area contributed by atoms with E-state index >= 15 is 0 Å². The molecule has 3 amide bonds. The van der Waals surface area contributed by atoms with E-state index in [1.165, 1.54) is 4.31 Å². The molecule has 2 fully saturated rings. The maximum absolute atomic E-state index is 13.9. The van der Waals surface area contributed by atoms with Gasteiger partial charge in [0, 0.05) is 31.7 Å². The van der Waals surface area contributed by atoms with Crippen molar-refractivity contribution in [2.45, 2.75) is 68.5 Å². The summed E-state index contributed by atoms with van der Waals surface area (Å²) < 4.78 is 34.4. The lowest BCUT2D eigenvalue weighted by molar-refractivity contribution is -0.160. The zero-order valence-corrected chi connectivity index (χ0v) is 27.0. The maximum atomic E-state index is 13.9. The molecule has 2 saturated heterocycles. The highest BCUT2D eigenvalue weighted by Crippen LogP contribution is 2.37. The van der Waals surface area contributed by atoms with Gasteiger partial charge in [0.15, 0.2) is 0 Å². The predicted octanol–water partition coefficient (Wildman–Crippen LogP) is 4.71. The van der Waals surface area contributed by atoms with Crippen LogP contribution in [0.1, 0.15) is 51.0 Å². The Kier molecular flexibility index (Phi) is 10.7. The van der Waals surface area contributed by atoms with E-state index in [9.17, 15) is 22.8 Å².